The number of carbonyl (C=O) groups excluding carboxylic acids is 1. The molecule has 0 saturated carbocycles. The van der Waals surface area contributed by atoms with Gasteiger partial charge in [0.25, 0.3) is 5.56 Å². The van der Waals surface area contributed by atoms with Crippen molar-refractivity contribution in [2.45, 2.75) is 18.9 Å². The Morgan fingerprint density at radius 3 is 3.00 bits per heavy atom. The summed E-state index contributed by atoms with van der Waals surface area (Å²) in [6.45, 7) is 0.866. The Hall–Kier alpha value is -1.33. The molecule has 1 saturated heterocycles. The number of aromatic nitrogens is 1. The molecule has 1 amide bonds. The van der Waals surface area contributed by atoms with Gasteiger partial charge in [0.2, 0.25) is 5.91 Å². The number of carbonyl (C=O) groups is 1. The number of anilines is 1. The highest BCUT2D eigenvalue weighted by Gasteiger charge is 2.22. The zero-order valence-electron chi connectivity index (χ0n) is 9.60. The number of nitrogens with one attached hydrogen (secondary N) is 2. The van der Waals surface area contributed by atoms with Crippen molar-refractivity contribution in [1.82, 2.24) is 9.88 Å². The summed E-state index contributed by atoms with van der Waals surface area (Å²) < 4.78 is 1.44. The Kier molecular flexibility index (Phi) is 4.72. The van der Waals surface area contributed by atoms with Crippen molar-refractivity contribution in [3.8, 4) is 0 Å². The molecule has 0 spiro atoms. The molecule has 0 radical (unpaired) electrons. The third kappa shape index (κ3) is 3.08. The molecule has 0 bridgehead atoms. The molecule has 1 atom stereocenters. The molecule has 1 fully saturated rings. The van der Waals surface area contributed by atoms with Gasteiger partial charge in [-0.3, -0.25) is 9.59 Å². The van der Waals surface area contributed by atoms with Gasteiger partial charge in [-0.25, -0.2) is 0 Å². The van der Waals surface area contributed by atoms with Gasteiger partial charge in [0.05, 0.1) is 6.04 Å². The molecule has 2 rings (SSSR count). The summed E-state index contributed by atoms with van der Waals surface area (Å²) in [5.74, 6) is -0.124. The lowest BCUT2D eigenvalue weighted by Gasteiger charge is -2.10. The van der Waals surface area contributed by atoms with Crippen LogP contribution in [0.5, 0.6) is 0 Å². The SMILES string of the molecule is Cl.Cn1cccc(NC(=O)C2CCCN2)c1=O. The first-order valence-corrected chi connectivity index (χ1v) is 5.38. The smallest absolute Gasteiger partial charge is 0.274 e. The second-order valence-corrected chi connectivity index (χ2v) is 3.98. The van der Waals surface area contributed by atoms with E-state index in [1.165, 1.54) is 4.57 Å². The minimum Gasteiger partial charge on any atom is -0.320 e. The van der Waals surface area contributed by atoms with E-state index in [9.17, 15) is 9.59 Å². The largest absolute Gasteiger partial charge is 0.320 e. The molecule has 1 unspecified atom stereocenters. The van der Waals surface area contributed by atoms with Crippen LogP contribution < -0.4 is 16.2 Å². The molecule has 94 valence electrons. The summed E-state index contributed by atoms with van der Waals surface area (Å²) in [4.78, 5) is 23.4. The summed E-state index contributed by atoms with van der Waals surface area (Å²) in [6.07, 6.45) is 3.50. The van der Waals surface area contributed by atoms with Crippen LogP contribution in [-0.2, 0) is 11.8 Å². The van der Waals surface area contributed by atoms with Gasteiger partial charge < -0.3 is 15.2 Å². The number of halogens is 1. The van der Waals surface area contributed by atoms with E-state index in [1.807, 2.05) is 0 Å². The Balaban J connectivity index is 0.00000144. The fourth-order valence-corrected chi connectivity index (χ4v) is 1.82. The van der Waals surface area contributed by atoms with E-state index in [0.29, 0.717) is 5.69 Å². The van der Waals surface area contributed by atoms with Gasteiger partial charge in [-0.2, -0.15) is 0 Å². The predicted octanol–water partition coefficient (Wildman–Crippen LogP) is 0.498. The van der Waals surface area contributed by atoms with Crippen molar-refractivity contribution in [3.63, 3.8) is 0 Å². The van der Waals surface area contributed by atoms with Gasteiger partial charge in [0.1, 0.15) is 5.69 Å². The molecule has 6 heteroatoms. The Morgan fingerprint density at radius 2 is 2.35 bits per heavy atom. The third-order valence-electron chi connectivity index (χ3n) is 2.76. The lowest BCUT2D eigenvalue weighted by Crippen LogP contribution is -2.37. The predicted molar refractivity (Wildman–Crippen MR) is 68.6 cm³/mol. The monoisotopic (exact) mass is 257 g/mol. The first-order valence-electron chi connectivity index (χ1n) is 5.38. The average molecular weight is 258 g/mol. The quantitative estimate of drug-likeness (QED) is 0.811. The van der Waals surface area contributed by atoms with Crippen LogP contribution in [0.1, 0.15) is 12.8 Å². The van der Waals surface area contributed by atoms with Crippen LogP contribution >= 0.6 is 12.4 Å². The Morgan fingerprint density at radius 1 is 1.59 bits per heavy atom. The first kappa shape index (κ1) is 13.7. The number of amides is 1. The van der Waals surface area contributed by atoms with Crippen molar-refractivity contribution in [1.29, 1.82) is 0 Å². The molecular weight excluding hydrogens is 242 g/mol. The van der Waals surface area contributed by atoms with Crippen LogP contribution in [0.3, 0.4) is 0 Å². The molecule has 17 heavy (non-hydrogen) atoms. The third-order valence-corrected chi connectivity index (χ3v) is 2.76. The summed E-state index contributed by atoms with van der Waals surface area (Å²) >= 11 is 0. The molecule has 0 aliphatic carbocycles. The van der Waals surface area contributed by atoms with Gasteiger partial charge in [0.15, 0.2) is 0 Å². The topological polar surface area (TPSA) is 63.1 Å². The lowest BCUT2D eigenvalue weighted by molar-refractivity contribution is -0.117. The van der Waals surface area contributed by atoms with Crippen LogP contribution in [0.2, 0.25) is 0 Å². The normalized spacial score (nSPS) is 18.5. The van der Waals surface area contributed by atoms with E-state index >= 15 is 0 Å². The van der Waals surface area contributed by atoms with Crippen LogP contribution in [0.4, 0.5) is 5.69 Å². The average Bonchev–Trinajstić information content (AvgIpc) is 2.78. The highest BCUT2D eigenvalue weighted by Crippen LogP contribution is 2.07. The minimum atomic E-state index is -0.186. The number of nitrogens with zero attached hydrogens (tertiary/aromatic N) is 1. The lowest BCUT2D eigenvalue weighted by atomic mass is 10.2. The fraction of sp³-hybridized carbons (Fsp3) is 0.455. The summed E-state index contributed by atoms with van der Waals surface area (Å²) in [7, 11) is 1.66. The van der Waals surface area contributed by atoms with Crippen molar-refractivity contribution >= 4 is 24.0 Å². The van der Waals surface area contributed by atoms with Gasteiger partial charge in [-0.1, -0.05) is 0 Å². The molecular formula is C11H16ClN3O2. The molecule has 1 aromatic heterocycles. The van der Waals surface area contributed by atoms with E-state index in [2.05, 4.69) is 10.6 Å². The van der Waals surface area contributed by atoms with E-state index in [4.69, 9.17) is 0 Å². The van der Waals surface area contributed by atoms with Gasteiger partial charge >= 0.3 is 0 Å². The summed E-state index contributed by atoms with van der Waals surface area (Å²) in [6, 6.07) is 3.19. The zero-order chi connectivity index (χ0) is 11.5. The molecule has 2 N–H and O–H groups in total. The maximum atomic E-state index is 11.8. The molecule has 1 aliphatic rings. The van der Waals surface area contributed by atoms with E-state index in [-0.39, 0.29) is 29.9 Å². The molecule has 2 heterocycles. The van der Waals surface area contributed by atoms with E-state index in [1.54, 1.807) is 25.4 Å². The maximum absolute atomic E-state index is 11.8. The van der Waals surface area contributed by atoms with Gasteiger partial charge in [-0.15, -0.1) is 12.4 Å². The Labute approximate surface area is 106 Å². The van der Waals surface area contributed by atoms with Crippen molar-refractivity contribution in [2.75, 3.05) is 11.9 Å². The van der Waals surface area contributed by atoms with Crippen molar-refractivity contribution in [2.24, 2.45) is 7.05 Å². The highest BCUT2D eigenvalue weighted by atomic mass is 35.5. The first-order chi connectivity index (χ1) is 7.68. The summed E-state index contributed by atoms with van der Waals surface area (Å²) in [5.41, 5.74) is 0.151. The van der Waals surface area contributed by atoms with E-state index < -0.39 is 0 Å². The van der Waals surface area contributed by atoms with E-state index in [0.717, 1.165) is 19.4 Å². The second-order valence-electron chi connectivity index (χ2n) is 3.98. The van der Waals surface area contributed by atoms with Crippen LogP contribution in [0.25, 0.3) is 0 Å². The Bertz CT molecular complexity index is 452. The fourth-order valence-electron chi connectivity index (χ4n) is 1.82. The maximum Gasteiger partial charge on any atom is 0.274 e. The molecule has 5 nitrogen and oxygen atoms in total. The van der Waals surface area contributed by atoms with Crippen LogP contribution in [0, 0.1) is 0 Å². The van der Waals surface area contributed by atoms with Crippen LogP contribution in [0.15, 0.2) is 23.1 Å². The van der Waals surface area contributed by atoms with Crippen molar-refractivity contribution in [3.05, 3.63) is 28.7 Å². The number of pyridine rings is 1. The minimum absolute atomic E-state index is 0. The second kappa shape index (κ2) is 5.84. The highest BCUT2D eigenvalue weighted by molar-refractivity contribution is 5.94. The number of rotatable bonds is 2. The van der Waals surface area contributed by atoms with Gasteiger partial charge in [-0.05, 0) is 31.5 Å². The number of hydrogen-bond donors (Lipinski definition) is 2. The number of aryl methyl sites for hydroxylation is 1. The molecule has 1 aromatic rings. The molecule has 1 aliphatic heterocycles. The van der Waals surface area contributed by atoms with Gasteiger partial charge in [0, 0.05) is 13.2 Å². The van der Waals surface area contributed by atoms with Crippen LogP contribution in [-0.4, -0.2) is 23.1 Å². The standard InChI is InChI=1S/C11H15N3O2.ClH/c1-14-7-3-5-9(11(14)16)13-10(15)8-4-2-6-12-8;/h3,5,7-8,12H,2,4,6H2,1H3,(H,13,15);1H. The van der Waals surface area contributed by atoms with Crippen molar-refractivity contribution < 1.29 is 4.79 Å². The molecule has 0 aromatic carbocycles. The zero-order valence-corrected chi connectivity index (χ0v) is 10.4. The number of hydrogen-bond acceptors (Lipinski definition) is 3. The summed E-state index contributed by atoms with van der Waals surface area (Å²) in [5, 5.41) is 5.75.